The van der Waals surface area contributed by atoms with Gasteiger partial charge >= 0.3 is 5.97 Å². The highest BCUT2D eigenvalue weighted by molar-refractivity contribution is 5.87. The normalized spacial score (nSPS) is 22.1. The number of hydrogen-bond acceptors (Lipinski definition) is 4. The Morgan fingerprint density at radius 3 is 2.83 bits per heavy atom. The zero-order chi connectivity index (χ0) is 13.7. The smallest absolute Gasteiger partial charge is 0.322 e. The van der Waals surface area contributed by atoms with Crippen molar-refractivity contribution in [2.24, 2.45) is 0 Å². The van der Waals surface area contributed by atoms with Crippen LogP contribution >= 0.6 is 0 Å². The minimum absolute atomic E-state index is 0.0273. The molecule has 1 aliphatic rings. The van der Waals surface area contributed by atoms with Crippen LogP contribution in [-0.2, 0) is 14.4 Å². The summed E-state index contributed by atoms with van der Waals surface area (Å²) in [5.41, 5.74) is 0. The molecular formula is C11H19N3O4. The van der Waals surface area contributed by atoms with Crippen LogP contribution in [0.4, 0.5) is 0 Å². The molecule has 1 fully saturated rings. The molecule has 0 bridgehead atoms. The van der Waals surface area contributed by atoms with E-state index in [1.165, 1.54) is 4.90 Å². The van der Waals surface area contributed by atoms with Crippen LogP contribution in [0.25, 0.3) is 0 Å². The van der Waals surface area contributed by atoms with E-state index in [1.807, 2.05) is 6.92 Å². The third-order valence-corrected chi connectivity index (χ3v) is 2.93. The molecule has 7 heteroatoms. The van der Waals surface area contributed by atoms with Crippen molar-refractivity contribution in [3.8, 4) is 0 Å². The molecule has 0 aromatic heterocycles. The van der Waals surface area contributed by atoms with Gasteiger partial charge in [-0.05, 0) is 13.3 Å². The van der Waals surface area contributed by atoms with Crippen LogP contribution in [0.3, 0.4) is 0 Å². The molecule has 2 unspecified atom stereocenters. The summed E-state index contributed by atoms with van der Waals surface area (Å²) in [6.07, 6.45) is 0.807. The van der Waals surface area contributed by atoms with E-state index in [0.717, 1.165) is 6.42 Å². The molecule has 0 aromatic rings. The van der Waals surface area contributed by atoms with Crippen LogP contribution < -0.4 is 10.6 Å². The lowest BCUT2D eigenvalue weighted by Crippen LogP contribution is -2.62. The van der Waals surface area contributed by atoms with E-state index in [-0.39, 0.29) is 24.9 Å². The van der Waals surface area contributed by atoms with E-state index in [2.05, 4.69) is 10.6 Å². The van der Waals surface area contributed by atoms with Crippen LogP contribution in [-0.4, -0.2) is 59.5 Å². The highest BCUT2D eigenvalue weighted by Gasteiger charge is 2.37. The quantitative estimate of drug-likeness (QED) is 0.574. The second-order valence-corrected chi connectivity index (χ2v) is 4.30. The van der Waals surface area contributed by atoms with Crippen LogP contribution in [0, 0.1) is 0 Å². The van der Waals surface area contributed by atoms with Gasteiger partial charge in [0.15, 0.2) is 0 Å². The lowest BCUT2D eigenvalue weighted by molar-refractivity contribution is -0.148. The summed E-state index contributed by atoms with van der Waals surface area (Å²) in [5, 5.41) is 14.3. The Labute approximate surface area is 106 Å². The molecule has 1 saturated heterocycles. The molecule has 0 aromatic carbocycles. The van der Waals surface area contributed by atoms with Crippen molar-refractivity contribution in [3.63, 3.8) is 0 Å². The maximum atomic E-state index is 11.8. The topological polar surface area (TPSA) is 98.7 Å². The maximum Gasteiger partial charge on any atom is 0.322 e. The fourth-order valence-corrected chi connectivity index (χ4v) is 1.84. The Morgan fingerprint density at radius 1 is 1.61 bits per heavy atom. The van der Waals surface area contributed by atoms with Gasteiger partial charge in [0.1, 0.15) is 6.04 Å². The first-order chi connectivity index (χ1) is 8.47. The Kier molecular flexibility index (Phi) is 5.08. The van der Waals surface area contributed by atoms with Crippen LogP contribution in [0.2, 0.25) is 0 Å². The summed E-state index contributed by atoms with van der Waals surface area (Å²) in [5.74, 6) is -1.55. The van der Waals surface area contributed by atoms with E-state index in [9.17, 15) is 14.4 Å². The first-order valence-electron chi connectivity index (χ1n) is 6.00. The van der Waals surface area contributed by atoms with Crippen molar-refractivity contribution in [3.05, 3.63) is 0 Å². The Morgan fingerprint density at radius 2 is 2.28 bits per heavy atom. The molecule has 102 valence electrons. The standard InChI is InChI=1S/C11H19N3O4/c1-3-4-12-10(16)7(2)14-6-9(15)13-5-8(14)11(17)18/h7-8H,3-6H2,1-2H3,(H,12,16)(H,13,15)(H,17,18). The van der Waals surface area contributed by atoms with Crippen molar-refractivity contribution < 1.29 is 19.5 Å². The fraction of sp³-hybridized carbons (Fsp3) is 0.727. The second kappa shape index (κ2) is 6.34. The number of carboxylic acids is 1. The van der Waals surface area contributed by atoms with Gasteiger partial charge in [-0.1, -0.05) is 6.92 Å². The van der Waals surface area contributed by atoms with Crippen LogP contribution in [0.5, 0.6) is 0 Å². The van der Waals surface area contributed by atoms with Gasteiger partial charge in [0.2, 0.25) is 11.8 Å². The number of nitrogens with zero attached hydrogens (tertiary/aromatic N) is 1. The Bertz CT molecular complexity index is 345. The summed E-state index contributed by atoms with van der Waals surface area (Å²) in [6.45, 7) is 4.04. The molecule has 1 rings (SSSR count). The van der Waals surface area contributed by atoms with Gasteiger partial charge in [-0.25, -0.2) is 0 Å². The van der Waals surface area contributed by atoms with E-state index in [0.29, 0.717) is 6.54 Å². The maximum absolute atomic E-state index is 11.8. The van der Waals surface area contributed by atoms with Gasteiger partial charge in [0, 0.05) is 13.1 Å². The predicted octanol–water partition coefficient (Wildman–Crippen LogP) is -1.21. The van der Waals surface area contributed by atoms with Crippen molar-refractivity contribution in [1.82, 2.24) is 15.5 Å². The van der Waals surface area contributed by atoms with Crippen molar-refractivity contribution in [2.75, 3.05) is 19.6 Å². The lowest BCUT2D eigenvalue weighted by atomic mass is 10.1. The molecule has 1 aliphatic heterocycles. The number of hydrogen-bond donors (Lipinski definition) is 3. The van der Waals surface area contributed by atoms with Gasteiger partial charge in [-0.3, -0.25) is 19.3 Å². The number of rotatable bonds is 5. The summed E-state index contributed by atoms with van der Waals surface area (Å²) >= 11 is 0. The monoisotopic (exact) mass is 257 g/mol. The van der Waals surface area contributed by atoms with E-state index < -0.39 is 18.1 Å². The van der Waals surface area contributed by atoms with E-state index in [4.69, 9.17) is 5.11 Å². The fourth-order valence-electron chi connectivity index (χ4n) is 1.84. The minimum Gasteiger partial charge on any atom is -0.480 e. The zero-order valence-electron chi connectivity index (χ0n) is 10.6. The highest BCUT2D eigenvalue weighted by Crippen LogP contribution is 2.09. The van der Waals surface area contributed by atoms with Crippen molar-refractivity contribution >= 4 is 17.8 Å². The van der Waals surface area contributed by atoms with Gasteiger partial charge in [-0.15, -0.1) is 0 Å². The van der Waals surface area contributed by atoms with Gasteiger partial charge in [-0.2, -0.15) is 0 Å². The number of nitrogens with one attached hydrogen (secondary N) is 2. The van der Waals surface area contributed by atoms with Gasteiger partial charge < -0.3 is 15.7 Å². The second-order valence-electron chi connectivity index (χ2n) is 4.30. The molecule has 1 heterocycles. The highest BCUT2D eigenvalue weighted by atomic mass is 16.4. The lowest BCUT2D eigenvalue weighted by Gasteiger charge is -2.36. The van der Waals surface area contributed by atoms with Crippen LogP contribution in [0.15, 0.2) is 0 Å². The average Bonchev–Trinajstić information content (AvgIpc) is 2.34. The third kappa shape index (κ3) is 3.43. The van der Waals surface area contributed by atoms with Gasteiger partial charge in [0.05, 0.1) is 12.6 Å². The summed E-state index contributed by atoms with van der Waals surface area (Å²) in [7, 11) is 0. The van der Waals surface area contributed by atoms with Crippen molar-refractivity contribution in [2.45, 2.75) is 32.4 Å². The average molecular weight is 257 g/mol. The molecule has 2 atom stereocenters. The van der Waals surface area contributed by atoms with Crippen molar-refractivity contribution in [1.29, 1.82) is 0 Å². The van der Waals surface area contributed by atoms with E-state index >= 15 is 0 Å². The minimum atomic E-state index is -1.04. The summed E-state index contributed by atoms with van der Waals surface area (Å²) < 4.78 is 0. The summed E-state index contributed by atoms with van der Waals surface area (Å²) in [4.78, 5) is 35.6. The molecule has 0 spiro atoms. The summed E-state index contributed by atoms with van der Waals surface area (Å²) in [6, 6.07) is -1.49. The number of carboxylic acid groups (broad SMARTS) is 1. The van der Waals surface area contributed by atoms with Gasteiger partial charge in [0.25, 0.3) is 0 Å². The number of carbonyl (C=O) groups excluding carboxylic acids is 2. The Hall–Kier alpha value is -1.63. The number of amides is 2. The SMILES string of the molecule is CCCNC(=O)C(C)N1CC(=O)NCC1C(=O)O. The molecule has 2 amide bonds. The zero-order valence-corrected chi connectivity index (χ0v) is 10.6. The van der Waals surface area contributed by atoms with Crippen LogP contribution in [0.1, 0.15) is 20.3 Å². The first-order valence-corrected chi connectivity index (χ1v) is 6.00. The third-order valence-electron chi connectivity index (χ3n) is 2.93. The number of carbonyl (C=O) groups is 3. The number of aliphatic carboxylic acids is 1. The molecule has 0 radical (unpaired) electrons. The Balaban J connectivity index is 2.71. The molecule has 3 N–H and O–H groups in total. The predicted molar refractivity (Wildman–Crippen MR) is 63.9 cm³/mol. The molecular weight excluding hydrogens is 238 g/mol. The van der Waals surface area contributed by atoms with E-state index in [1.54, 1.807) is 6.92 Å². The first kappa shape index (κ1) is 14.4. The molecule has 0 saturated carbocycles. The molecule has 0 aliphatic carbocycles. The number of piperazine rings is 1. The molecule has 7 nitrogen and oxygen atoms in total. The molecule has 18 heavy (non-hydrogen) atoms. The largest absolute Gasteiger partial charge is 0.480 e.